The highest BCUT2D eigenvalue weighted by Crippen LogP contribution is 2.23. The van der Waals surface area contributed by atoms with Crippen LogP contribution >= 0.6 is 11.6 Å². The molecule has 1 unspecified atom stereocenters. The van der Waals surface area contributed by atoms with Gasteiger partial charge in [-0.15, -0.1) is 11.6 Å². The Labute approximate surface area is 101 Å². The second-order valence-electron chi connectivity index (χ2n) is 4.21. The first-order chi connectivity index (χ1) is 7.83. The van der Waals surface area contributed by atoms with Gasteiger partial charge in [-0.25, -0.2) is 4.98 Å². The number of aromatic nitrogens is 1. The summed E-state index contributed by atoms with van der Waals surface area (Å²) in [6, 6.07) is 4.03. The summed E-state index contributed by atoms with van der Waals surface area (Å²) in [6.45, 7) is 2.94. The van der Waals surface area contributed by atoms with Crippen molar-refractivity contribution < 1.29 is 4.74 Å². The number of ether oxygens (including phenoxy) is 1. The molecule has 1 atom stereocenters. The lowest BCUT2D eigenvalue weighted by molar-refractivity contribution is 0.161. The van der Waals surface area contributed by atoms with E-state index in [-0.39, 0.29) is 0 Å². The smallest absolute Gasteiger partial charge is 0.128 e. The van der Waals surface area contributed by atoms with Crippen LogP contribution in [0, 0.1) is 5.92 Å². The van der Waals surface area contributed by atoms with Gasteiger partial charge >= 0.3 is 0 Å². The van der Waals surface area contributed by atoms with Gasteiger partial charge in [0.25, 0.3) is 0 Å². The number of hydrogen-bond donors (Lipinski definition) is 0. The van der Waals surface area contributed by atoms with E-state index in [1.54, 1.807) is 7.11 Å². The molecule has 1 saturated heterocycles. The van der Waals surface area contributed by atoms with Gasteiger partial charge in [0.15, 0.2) is 0 Å². The summed E-state index contributed by atoms with van der Waals surface area (Å²) < 4.78 is 5.19. The first-order valence-electron chi connectivity index (χ1n) is 5.58. The van der Waals surface area contributed by atoms with E-state index < -0.39 is 0 Å². The number of hydrogen-bond acceptors (Lipinski definition) is 3. The summed E-state index contributed by atoms with van der Waals surface area (Å²) >= 11 is 5.82. The maximum Gasteiger partial charge on any atom is 0.128 e. The molecule has 0 spiro atoms. The molecule has 1 aromatic rings. The summed E-state index contributed by atoms with van der Waals surface area (Å²) in [5.41, 5.74) is 1.13. The third kappa shape index (κ3) is 2.66. The summed E-state index contributed by atoms with van der Waals surface area (Å²) in [5, 5.41) is 0. The number of halogens is 1. The van der Waals surface area contributed by atoms with Crippen molar-refractivity contribution in [3.8, 4) is 0 Å². The normalized spacial score (nSPS) is 20.4. The van der Waals surface area contributed by atoms with Crippen molar-refractivity contribution in [2.45, 2.75) is 12.3 Å². The number of anilines is 1. The number of nitrogens with zero attached hydrogens (tertiary/aromatic N) is 2. The van der Waals surface area contributed by atoms with E-state index in [0.29, 0.717) is 11.8 Å². The molecule has 1 aliphatic heterocycles. The lowest BCUT2D eigenvalue weighted by atomic mass is 10.1. The monoisotopic (exact) mass is 240 g/mol. The van der Waals surface area contributed by atoms with Crippen LogP contribution < -0.4 is 4.90 Å². The molecule has 88 valence electrons. The number of pyridine rings is 1. The third-order valence-electron chi connectivity index (χ3n) is 2.98. The van der Waals surface area contributed by atoms with Crippen LogP contribution in [-0.4, -0.2) is 31.8 Å². The van der Waals surface area contributed by atoms with Crippen molar-refractivity contribution in [1.82, 2.24) is 4.98 Å². The maximum atomic E-state index is 5.82. The Kier molecular flexibility index (Phi) is 4.02. The SMILES string of the molecule is COCC1CCN(c2cc(CCl)ccn2)C1. The van der Waals surface area contributed by atoms with Crippen LogP contribution in [-0.2, 0) is 10.6 Å². The number of methoxy groups -OCH3 is 1. The molecule has 4 heteroatoms. The number of rotatable bonds is 4. The Morgan fingerprint density at radius 3 is 3.25 bits per heavy atom. The quantitative estimate of drug-likeness (QED) is 0.756. The zero-order valence-electron chi connectivity index (χ0n) is 9.53. The predicted octanol–water partition coefficient (Wildman–Crippen LogP) is 2.29. The van der Waals surface area contributed by atoms with Crippen molar-refractivity contribution in [1.29, 1.82) is 0 Å². The topological polar surface area (TPSA) is 25.4 Å². The van der Waals surface area contributed by atoms with Crippen LogP contribution in [0.3, 0.4) is 0 Å². The second-order valence-corrected chi connectivity index (χ2v) is 4.48. The van der Waals surface area contributed by atoms with Gasteiger partial charge in [-0.05, 0) is 24.1 Å². The van der Waals surface area contributed by atoms with Crippen LogP contribution in [0.25, 0.3) is 0 Å². The van der Waals surface area contributed by atoms with Crippen LogP contribution in [0.4, 0.5) is 5.82 Å². The summed E-state index contributed by atoms with van der Waals surface area (Å²) in [7, 11) is 1.76. The van der Waals surface area contributed by atoms with Gasteiger partial charge in [-0.1, -0.05) is 0 Å². The Balaban J connectivity index is 2.02. The van der Waals surface area contributed by atoms with Crippen molar-refractivity contribution in [3.63, 3.8) is 0 Å². The van der Waals surface area contributed by atoms with E-state index in [1.807, 2.05) is 12.3 Å². The molecule has 0 N–H and O–H groups in total. The molecule has 0 saturated carbocycles. The average molecular weight is 241 g/mol. The standard InChI is InChI=1S/C12H17ClN2O/c1-16-9-11-3-5-15(8-11)12-6-10(7-13)2-4-14-12/h2,4,6,11H,3,5,7-9H2,1H3. The molecule has 0 bridgehead atoms. The Bertz CT molecular complexity index is 346. The minimum atomic E-state index is 0.546. The first-order valence-corrected chi connectivity index (χ1v) is 6.11. The van der Waals surface area contributed by atoms with Crippen molar-refractivity contribution in [2.24, 2.45) is 5.92 Å². The fourth-order valence-corrected chi connectivity index (χ4v) is 2.30. The van der Waals surface area contributed by atoms with E-state index in [2.05, 4.69) is 16.0 Å². The fourth-order valence-electron chi connectivity index (χ4n) is 2.13. The Morgan fingerprint density at radius 1 is 1.62 bits per heavy atom. The van der Waals surface area contributed by atoms with Gasteiger partial charge in [0.2, 0.25) is 0 Å². The Morgan fingerprint density at radius 2 is 2.50 bits per heavy atom. The predicted molar refractivity (Wildman–Crippen MR) is 66.0 cm³/mol. The van der Waals surface area contributed by atoms with Crippen molar-refractivity contribution >= 4 is 17.4 Å². The lowest BCUT2D eigenvalue weighted by Gasteiger charge is -2.17. The van der Waals surface area contributed by atoms with Crippen LogP contribution in [0.1, 0.15) is 12.0 Å². The molecule has 1 aromatic heterocycles. The highest BCUT2D eigenvalue weighted by atomic mass is 35.5. The highest BCUT2D eigenvalue weighted by molar-refractivity contribution is 6.17. The molecule has 0 radical (unpaired) electrons. The number of alkyl halides is 1. The second kappa shape index (κ2) is 5.51. The first kappa shape index (κ1) is 11.7. The molecule has 2 heterocycles. The van der Waals surface area contributed by atoms with Gasteiger partial charge in [0.05, 0.1) is 6.61 Å². The largest absolute Gasteiger partial charge is 0.384 e. The molecule has 2 rings (SSSR count). The molecular formula is C12H17ClN2O. The minimum Gasteiger partial charge on any atom is -0.384 e. The summed E-state index contributed by atoms with van der Waals surface area (Å²) in [5.74, 6) is 2.22. The van der Waals surface area contributed by atoms with Gasteiger partial charge in [0, 0.05) is 38.2 Å². The minimum absolute atomic E-state index is 0.546. The van der Waals surface area contributed by atoms with E-state index in [9.17, 15) is 0 Å². The molecule has 0 aromatic carbocycles. The van der Waals surface area contributed by atoms with Gasteiger partial charge in [-0.3, -0.25) is 0 Å². The van der Waals surface area contributed by atoms with Crippen LogP contribution in [0.5, 0.6) is 0 Å². The molecule has 1 aliphatic rings. The highest BCUT2D eigenvalue weighted by Gasteiger charge is 2.23. The third-order valence-corrected chi connectivity index (χ3v) is 3.29. The molecular weight excluding hydrogens is 224 g/mol. The maximum absolute atomic E-state index is 5.82. The van der Waals surface area contributed by atoms with E-state index in [4.69, 9.17) is 16.3 Å². The van der Waals surface area contributed by atoms with Gasteiger partial charge < -0.3 is 9.64 Å². The van der Waals surface area contributed by atoms with E-state index in [1.165, 1.54) is 6.42 Å². The summed E-state index contributed by atoms with van der Waals surface area (Å²) in [4.78, 5) is 6.70. The van der Waals surface area contributed by atoms with Gasteiger partial charge in [-0.2, -0.15) is 0 Å². The van der Waals surface area contributed by atoms with Crippen molar-refractivity contribution in [3.05, 3.63) is 23.9 Å². The van der Waals surface area contributed by atoms with Gasteiger partial charge in [0.1, 0.15) is 5.82 Å². The zero-order chi connectivity index (χ0) is 11.4. The van der Waals surface area contributed by atoms with Crippen LogP contribution in [0.15, 0.2) is 18.3 Å². The Hall–Kier alpha value is -0.800. The molecule has 16 heavy (non-hydrogen) atoms. The fraction of sp³-hybridized carbons (Fsp3) is 0.583. The lowest BCUT2D eigenvalue weighted by Crippen LogP contribution is -2.22. The molecule has 0 aliphatic carbocycles. The molecule has 0 amide bonds. The molecule has 1 fully saturated rings. The van der Waals surface area contributed by atoms with Crippen molar-refractivity contribution in [2.75, 3.05) is 31.7 Å². The molecule has 3 nitrogen and oxygen atoms in total. The van der Waals surface area contributed by atoms with E-state index >= 15 is 0 Å². The summed E-state index contributed by atoms with van der Waals surface area (Å²) in [6.07, 6.45) is 3.01. The van der Waals surface area contributed by atoms with Crippen LogP contribution in [0.2, 0.25) is 0 Å². The average Bonchev–Trinajstić information content (AvgIpc) is 2.78. The zero-order valence-corrected chi connectivity index (χ0v) is 10.3. The van der Waals surface area contributed by atoms with E-state index in [0.717, 1.165) is 31.1 Å².